The summed E-state index contributed by atoms with van der Waals surface area (Å²) in [5.41, 5.74) is 2.55. The van der Waals surface area contributed by atoms with Gasteiger partial charge in [-0.2, -0.15) is 0 Å². The van der Waals surface area contributed by atoms with Gasteiger partial charge in [-0.1, -0.05) is 84.9 Å². The summed E-state index contributed by atoms with van der Waals surface area (Å²) in [6, 6.07) is 33.3. The van der Waals surface area contributed by atoms with Crippen LogP contribution in [-0.2, 0) is 0 Å². The third kappa shape index (κ3) is 4.47. The normalized spacial score (nSPS) is 10.1. The Bertz CT molecular complexity index is 869. The van der Waals surface area contributed by atoms with Gasteiger partial charge >= 0.3 is 0 Å². The summed E-state index contributed by atoms with van der Waals surface area (Å²) in [6.07, 6.45) is 2.06. The Morgan fingerprint density at radius 3 is 1.54 bits per heavy atom. The van der Waals surface area contributed by atoms with Gasteiger partial charge in [0.2, 0.25) is 0 Å². The van der Waals surface area contributed by atoms with Crippen molar-refractivity contribution in [2.45, 2.75) is 4.90 Å². The fraction of sp³-hybridized carbons (Fsp3) is 0.0833. The predicted octanol–water partition coefficient (Wildman–Crippen LogP) is 6.92. The first-order valence-corrected chi connectivity index (χ1v) is 9.75. The predicted molar refractivity (Wildman–Crippen MR) is 114 cm³/mol. The average molecular weight is 359 g/mol. The molecule has 4 aromatic carbocycles. The lowest BCUT2D eigenvalue weighted by molar-refractivity contribution is 0.405. The molecule has 1 nitrogen and oxygen atoms in total. The molecule has 0 atom stereocenters. The average Bonchev–Trinajstić information content (AvgIpc) is 2.74. The van der Waals surface area contributed by atoms with Gasteiger partial charge in [0.15, 0.2) is 0 Å². The highest BCUT2D eigenvalue weighted by atomic mass is 32.2. The topological polar surface area (TPSA) is 9.23 Å². The monoisotopic (exact) mass is 358 g/mol. The van der Waals surface area contributed by atoms with Gasteiger partial charge in [-0.25, -0.2) is 0 Å². The second kappa shape index (κ2) is 9.12. The highest BCUT2D eigenvalue weighted by Gasteiger charge is 2.03. The Morgan fingerprint density at radius 1 is 0.615 bits per heavy atom. The Kier molecular flexibility index (Phi) is 6.34. The second-order valence-corrected chi connectivity index (χ2v) is 6.63. The van der Waals surface area contributed by atoms with Crippen molar-refractivity contribution >= 4 is 22.5 Å². The molecule has 130 valence electrons. The molecule has 0 radical (unpaired) electrons. The Morgan fingerprint density at radius 2 is 1.08 bits per heavy atom. The molecule has 0 N–H and O–H groups in total. The fourth-order valence-corrected chi connectivity index (χ4v) is 3.37. The van der Waals surface area contributed by atoms with Crippen LogP contribution in [0.2, 0.25) is 0 Å². The van der Waals surface area contributed by atoms with Crippen molar-refractivity contribution in [1.82, 2.24) is 0 Å². The lowest BCUT2D eigenvalue weighted by Gasteiger charge is -2.07. The summed E-state index contributed by atoms with van der Waals surface area (Å²) in [4.78, 5) is 1.19. The van der Waals surface area contributed by atoms with Crippen LogP contribution in [0.1, 0.15) is 0 Å². The lowest BCUT2D eigenvalue weighted by atomic mass is 10.1. The smallest absolute Gasteiger partial charge is 0.133 e. The fourth-order valence-electron chi connectivity index (χ4n) is 2.78. The molecule has 2 heteroatoms. The zero-order chi connectivity index (χ0) is 18.2. The highest BCUT2D eigenvalue weighted by molar-refractivity contribution is 7.98. The van der Waals surface area contributed by atoms with Crippen LogP contribution in [0.5, 0.6) is 5.75 Å². The summed E-state index contributed by atoms with van der Waals surface area (Å²) in [6.45, 7) is 0. The summed E-state index contributed by atoms with van der Waals surface area (Å²) in [5.74, 6) is 0.955. The molecule has 0 aliphatic carbocycles. The van der Waals surface area contributed by atoms with E-state index in [1.54, 1.807) is 18.9 Å². The molecule has 0 amide bonds. The van der Waals surface area contributed by atoms with E-state index in [0.717, 1.165) is 5.75 Å². The van der Waals surface area contributed by atoms with Gasteiger partial charge in [-0.05, 0) is 40.3 Å². The molecule has 0 spiro atoms. The van der Waals surface area contributed by atoms with Crippen molar-refractivity contribution in [3.63, 3.8) is 0 Å². The Hall–Kier alpha value is -2.71. The second-order valence-electron chi connectivity index (χ2n) is 5.79. The molecule has 0 heterocycles. The molecule has 0 aliphatic rings. The lowest BCUT2D eigenvalue weighted by Crippen LogP contribution is -1.86. The molecule has 4 aromatic rings. The molecular weight excluding hydrogens is 336 g/mol. The van der Waals surface area contributed by atoms with Crippen LogP contribution in [-0.4, -0.2) is 13.4 Å². The molecule has 0 unspecified atom stereocenters. The Labute approximate surface area is 159 Å². The van der Waals surface area contributed by atoms with Crippen molar-refractivity contribution in [2.24, 2.45) is 0 Å². The molecular formula is C24H22OS. The van der Waals surface area contributed by atoms with Crippen LogP contribution in [0.3, 0.4) is 0 Å². The third-order valence-corrected chi connectivity index (χ3v) is 4.89. The molecule has 0 bridgehead atoms. The van der Waals surface area contributed by atoms with Gasteiger partial charge in [0.25, 0.3) is 0 Å². The SMILES string of the molecule is COc1cc2ccccc2cc1SC.c1ccc(-c2ccccc2)cc1. The molecule has 0 aliphatic heterocycles. The van der Waals surface area contributed by atoms with E-state index in [4.69, 9.17) is 4.74 Å². The van der Waals surface area contributed by atoms with E-state index in [9.17, 15) is 0 Å². The summed E-state index contributed by atoms with van der Waals surface area (Å²) in [7, 11) is 1.71. The number of benzene rings is 4. The van der Waals surface area contributed by atoms with Gasteiger partial charge < -0.3 is 4.74 Å². The van der Waals surface area contributed by atoms with E-state index in [1.807, 2.05) is 18.2 Å². The molecule has 0 saturated heterocycles. The van der Waals surface area contributed by atoms with Crippen molar-refractivity contribution in [3.8, 4) is 16.9 Å². The van der Waals surface area contributed by atoms with Gasteiger partial charge in [0.05, 0.1) is 7.11 Å². The van der Waals surface area contributed by atoms with Crippen LogP contribution >= 0.6 is 11.8 Å². The number of fused-ring (bicyclic) bond motifs is 1. The minimum atomic E-state index is 0.955. The Balaban J connectivity index is 0.000000152. The highest BCUT2D eigenvalue weighted by Crippen LogP contribution is 2.31. The molecule has 0 fully saturated rings. The minimum absolute atomic E-state index is 0.955. The summed E-state index contributed by atoms with van der Waals surface area (Å²) >= 11 is 1.71. The molecule has 0 aromatic heterocycles. The maximum Gasteiger partial charge on any atom is 0.133 e. The summed E-state index contributed by atoms with van der Waals surface area (Å²) < 4.78 is 5.32. The number of thioether (sulfide) groups is 1. The van der Waals surface area contributed by atoms with E-state index < -0.39 is 0 Å². The maximum atomic E-state index is 5.32. The van der Waals surface area contributed by atoms with Crippen molar-refractivity contribution in [2.75, 3.05) is 13.4 Å². The number of methoxy groups -OCH3 is 1. The molecule has 26 heavy (non-hydrogen) atoms. The summed E-state index contributed by atoms with van der Waals surface area (Å²) in [5, 5.41) is 2.49. The van der Waals surface area contributed by atoms with Gasteiger partial charge in [-0.15, -0.1) is 11.8 Å². The van der Waals surface area contributed by atoms with Crippen LogP contribution in [0.25, 0.3) is 21.9 Å². The zero-order valence-electron chi connectivity index (χ0n) is 15.1. The first-order chi connectivity index (χ1) is 12.8. The van der Waals surface area contributed by atoms with Crippen LogP contribution < -0.4 is 4.74 Å². The van der Waals surface area contributed by atoms with Gasteiger partial charge in [-0.3, -0.25) is 0 Å². The molecule has 4 rings (SSSR count). The van der Waals surface area contributed by atoms with Crippen molar-refractivity contribution in [3.05, 3.63) is 97.1 Å². The molecule has 0 saturated carbocycles. The quantitative estimate of drug-likeness (QED) is 0.367. The largest absolute Gasteiger partial charge is 0.496 e. The maximum absolute atomic E-state index is 5.32. The van der Waals surface area contributed by atoms with E-state index >= 15 is 0 Å². The number of ether oxygens (including phenoxy) is 1. The van der Waals surface area contributed by atoms with E-state index in [2.05, 4.69) is 85.1 Å². The van der Waals surface area contributed by atoms with Crippen molar-refractivity contribution in [1.29, 1.82) is 0 Å². The number of hydrogen-bond donors (Lipinski definition) is 0. The number of rotatable bonds is 3. The van der Waals surface area contributed by atoms with Crippen LogP contribution in [0.15, 0.2) is 102 Å². The standard InChI is InChI=1S/C12H12OS.C12H10/c1-13-11-7-9-5-3-4-6-10(9)8-12(11)14-2;1-3-7-11(8-4-1)12-9-5-2-6-10-12/h3-8H,1-2H3;1-10H. The van der Waals surface area contributed by atoms with Crippen LogP contribution in [0, 0.1) is 0 Å². The minimum Gasteiger partial charge on any atom is -0.496 e. The van der Waals surface area contributed by atoms with Gasteiger partial charge in [0.1, 0.15) is 5.75 Å². The first kappa shape index (κ1) is 18.1. The van der Waals surface area contributed by atoms with Crippen LogP contribution in [0.4, 0.5) is 0 Å². The van der Waals surface area contributed by atoms with E-state index in [1.165, 1.54) is 26.8 Å². The van der Waals surface area contributed by atoms with Crippen molar-refractivity contribution < 1.29 is 4.74 Å². The zero-order valence-corrected chi connectivity index (χ0v) is 15.9. The number of hydrogen-bond acceptors (Lipinski definition) is 2. The van der Waals surface area contributed by atoms with E-state index in [0.29, 0.717) is 0 Å². The third-order valence-electron chi connectivity index (χ3n) is 4.13. The first-order valence-electron chi connectivity index (χ1n) is 8.53. The van der Waals surface area contributed by atoms with Gasteiger partial charge in [0, 0.05) is 4.90 Å². The van der Waals surface area contributed by atoms with E-state index in [-0.39, 0.29) is 0 Å².